The van der Waals surface area contributed by atoms with E-state index < -0.39 is 6.04 Å². The third-order valence-electron chi connectivity index (χ3n) is 6.17. The maximum absolute atomic E-state index is 13.6. The Morgan fingerprint density at radius 2 is 2.03 bits per heavy atom. The van der Waals surface area contributed by atoms with Crippen LogP contribution in [0.15, 0.2) is 36.4 Å². The minimum Gasteiger partial charge on any atom is -0.507 e. The number of aromatic nitrogens is 2. The lowest BCUT2D eigenvalue weighted by atomic mass is 9.93. The number of nitrogens with one attached hydrogen (secondary N) is 1. The molecule has 0 aliphatic carbocycles. The maximum Gasteiger partial charge on any atom is 0.273 e. The first-order valence-corrected chi connectivity index (χ1v) is 10.5. The van der Waals surface area contributed by atoms with Crippen LogP contribution < -0.4 is 0 Å². The van der Waals surface area contributed by atoms with Crippen LogP contribution in [0, 0.1) is 19.7 Å². The van der Waals surface area contributed by atoms with E-state index in [1.165, 1.54) is 12.1 Å². The number of carbonyl (C=O) groups is 1. The van der Waals surface area contributed by atoms with Gasteiger partial charge in [0.1, 0.15) is 23.0 Å². The van der Waals surface area contributed by atoms with Crippen molar-refractivity contribution in [1.29, 1.82) is 0 Å². The van der Waals surface area contributed by atoms with Crippen molar-refractivity contribution >= 4 is 5.91 Å². The predicted octanol–water partition coefficient (Wildman–Crippen LogP) is 4.26. The van der Waals surface area contributed by atoms with Crippen LogP contribution in [-0.2, 0) is 4.74 Å². The highest BCUT2D eigenvalue weighted by molar-refractivity contribution is 6.00. The van der Waals surface area contributed by atoms with E-state index in [9.17, 15) is 14.3 Å². The Labute approximate surface area is 179 Å². The number of aryl methyl sites for hydroxylation is 2. The van der Waals surface area contributed by atoms with Crippen molar-refractivity contribution in [2.75, 3.05) is 13.2 Å². The molecule has 0 bridgehead atoms. The van der Waals surface area contributed by atoms with E-state index in [2.05, 4.69) is 10.2 Å². The van der Waals surface area contributed by atoms with Crippen molar-refractivity contribution < 1.29 is 19.0 Å². The number of rotatable bonds is 4. The van der Waals surface area contributed by atoms with E-state index in [0.29, 0.717) is 35.7 Å². The normalized spacial score (nSPS) is 20.5. The number of benzene rings is 2. The number of fused-ring (bicyclic) bond motifs is 1. The SMILES string of the molecule is Cc1cc(C)c(-c2n[nH]c3c2[C@H](c2ccc(F)cc2)N(C[C@H]2CCCO2)C3=O)c(O)c1. The van der Waals surface area contributed by atoms with Gasteiger partial charge in [-0.1, -0.05) is 18.2 Å². The summed E-state index contributed by atoms with van der Waals surface area (Å²) in [6.45, 7) is 4.97. The number of ether oxygens (including phenoxy) is 1. The van der Waals surface area contributed by atoms with Gasteiger partial charge in [0.15, 0.2) is 0 Å². The number of carbonyl (C=O) groups excluding carboxylic acids is 1. The second-order valence-electron chi connectivity index (χ2n) is 8.38. The highest BCUT2D eigenvalue weighted by Crippen LogP contribution is 2.45. The van der Waals surface area contributed by atoms with Crippen LogP contribution in [0.25, 0.3) is 11.3 Å². The number of phenols is 1. The number of nitrogens with zero attached hydrogens (tertiary/aromatic N) is 2. The first kappa shape index (κ1) is 19.8. The summed E-state index contributed by atoms with van der Waals surface area (Å²) in [7, 11) is 0. The van der Waals surface area contributed by atoms with Gasteiger partial charge in [-0.2, -0.15) is 5.10 Å². The third kappa shape index (κ3) is 3.29. The number of halogens is 1. The molecule has 2 atom stereocenters. The van der Waals surface area contributed by atoms with Crippen molar-refractivity contribution in [3.63, 3.8) is 0 Å². The average molecular weight is 421 g/mol. The molecule has 0 saturated carbocycles. The molecule has 160 valence electrons. The Bertz CT molecular complexity index is 1130. The molecule has 1 aromatic heterocycles. The standard InChI is InChI=1S/C24H24FN3O3/c1-13-10-14(2)19(18(29)11-13)21-20-22(27-26-21)24(30)28(12-17-4-3-9-31-17)23(20)15-5-7-16(25)8-6-15/h5-8,10-11,17,23,29H,3-4,9,12H2,1-2H3,(H,26,27)/t17-,23+/m1/s1. The zero-order chi connectivity index (χ0) is 21.7. The second-order valence-corrected chi connectivity index (χ2v) is 8.38. The van der Waals surface area contributed by atoms with Crippen LogP contribution in [0.4, 0.5) is 4.39 Å². The maximum atomic E-state index is 13.6. The van der Waals surface area contributed by atoms with Gasteiger partial charge in [0.25, 0.3) is 5.91 Å². The van der Waals surface area contributed by atoms with Crippen molar-refractivity contribution in [2.24, 2.45) is 0 Å². The zero-order valence-corrected chi connectivity index (χ0v) is 17.5. The van der Waals surface area contributed by atoms with E-state index in [0.717, 1.165) is 29.5 Å². The summed E-state index contributed by atoms with van der Waals surface area (Å²) in [6.07, 6.45) is 1.85. The van der Waals surface area contributed by atoms with Crippen molar-refractivity contribution in [1.82, 2.24) is 15.1 Å². The number of hydrogen-bond donors (Lipinski definition) is 2. The molecule has 0 unspecified atom stereocenters. The quantitative estimate of drug-likeness (QED) is 0.660. The van der Waals surface area contributed by atoms with Crippen LogP contribution in [-0.4, -0.2) is 45.4 Å². The lowest BCUT2D eigenvalue weighted by Gasteiger charge is -2.28. The van der Waals surface area contributed by atoms with Gasteiger partial charge in [-0.05, 0) is 61.6 Å². The molecule has 7 heteroatoms. The molecule has 0 radical (unpaired) electrons. The molecule has 2 aromatic carbocycles. The highest BCUT2D eigenvalue weighted by atomic mass is 19.1. The molecule has 2 aliphatic heterocycles. The molecule has 6 nitrogen and oxygen atoms in total. The second kappa shape index (κ2) is 7.50. The first-order chi connectivity index (χ1) is 14.9. The van der Waals surface area contributed by atoms with Crippen LogP contribution in [0.5, 0.6) is 5.75 Å². The van der Waals surface area contributed by atoms with Crippen molar-refractivity contribution in [3.8, 4) is 17.0 Å². The molecule has 1 amide bonds. The summed E-state index contributed by atoms with van der Waals surface area (Å²) in [4.78, 5) is 15.1. The molecular formula is C24H24FN3O3. The fraction of sp³-hybridized carbons (Fsp3) is 0.333. The minimum absolute atomic E-state index is 0.0261. The number of phenolic OH excluding ortho intramolecular Hbond substituents is 1. The largest absolute Gasteiger partial charge is 0.507 e. The lowest BCUT2D eigenvalue weighted by Crippen LogP contribution is -2.36. The summed E-state index contributed by atoms with van der Waals surface area (Å²) >= 11 is 0. The number of amides is 1. The highest BCUT2D eigenvalue weighted by Gasteiger charge is 2.43. The van der Waals surface area contributed by atoms with Crippen LogP contribution >= 0.6 is 0 Å². The summed E-state index contributed by atoms with van der Waals surface area (Å²) in [5, 5.41) is 18.0. The van der Waals surface area contributed by atoms with Gasteiger partial charge in [0.05, 0.1) is 12.1 Å². The van der Waals surface area contributed by atoms with Gasteiger partial charge in [-0.3, -0.25) is 9.89 Å². The molecule has 31 heavy (non-hydrogen) atoms. The lowest BCUT2D eigenvalue weighted by molar-refractivity contribution is 0.0495. The summed E-state index contributed by atoms with van der Waals surface area (Å²) in [6, 6.07) is 9.42. The van der Waals surface area contributed by atoms with Gasteiger partial charge >= 0.3 is 0 Å². The van der Waals surface area contributed by atoms with Crippen LogP contribution in [0.1, 0.15) is 51.6 Å². The predicted molar refractivity (Wildman–Crippen MR) is 113 cm³/mol. The Hall–Kier alpha value is -3.19. The Kier molecular flexibility index (Phi) is 4.78. The number of aromatic amines is 1. The van der Waals surface area contributed by atoms with Gasteiger partial charge in [-0.15, -0.1) is 0 Å². The van der Waals surface area contributed by atoms with Crippen molar-refractivity contribution in [3.05, 3.63) is 70.2 Å². The summed E-state index contributed by atoms with van der Waals surface area (Å²) in [5.41, 5.74) is 4.85. The molecular weight excluding hydrogens is 397 g/mol. The Morgan fingerprint density at radius 1 is 1.26 bits per heavy atom. The van der Waals surface area contributed by atoms with Crippen LogP contribution in [0.3, 0.4) is 0 Å². The molecule has 3 aromatic rings. The fourth-order valence-corrected chi connectivity index (χ4v) is 4.83. The van der Waals surface area contributed by atoms with Crippen molar-refractivity contribution in [2.45, 2.75) is 38.8 Å². The topological polar surface area (TPSA) is 78.5 Å². The molecule has 5 rings (SSSR count). The Morgan fingerprint density at radius 3 is 2.71 bits per heavy atom. The molecule has 1 fully saturated rings. The molecule has 3 heterocycles. The molecule has 2 aliphatic rings. The van der Waals surface area contributed by atoms with E-state index in [1.807, 2.05) is 19.9 Å². The van der Waals surface area contributed by atoms with Gasteiger partial charge in [0, 0.05) is 24.3 Å². The van der Waals surface area contributed by atoms with Crippen LogP contribution in [0.2, 0.25) is 0 Å². The minimum atomic E-state index is -0.443. The van der Waals surface area contributed by atoms with E-state index >= 15 is 0 Å². The van der Waals surface area contributed by atoms with E-state index in [1.54, 1.807) is 23.1 Å². The fourth-order valence-electron chi connectivity index (χ4n) is 4.83. The first-order valence-electron chi connectivity index (χ1n) is 10.5. The third-order valence-corrected chi connectivity index (χ3v) is 6.17. The number of aromatic hydroxyl groups is 1. The zero-order valence-electron chi connectivity index (χ0n) is 17.5. The number of H-pyrrole nitrogens is 1. The van der Waals surface area contributed by atoms with Gasteiger partial charge in [0.2, 0.25) is 0 Å². The Balaban J connectivity index is 1.66. The molecule has 2 N–H and O–H groups in total. The van der Waals surface area contributed by atoms with E-state index in [4.69, 9.17) is 4.74 Å². The number of hydrogen-bond acceptors (Lipinski definition) is 4. The van der Waals surface area contributed by atoms with E-state index in [-0.39, 0.29) is 23.6 Å². The van der Waals surface area contributed by atoms with Gasteiger partial charge in [-0.25, -0.2) is 4.39 Å². The van der Waals surface area contributed by atoms with Gasteiger partial charge < -0.3 is 14.7 Å². The molecule has 1 saturated heterocycles. The summed E-state index contributed by atoms with van der Waals surface area (Å²) in [5.74, 6) is -0.379. The monoisotopic (exact) mass is 421 g/mol. The average Bonchev–Trinajstić information content (AvgIpc) is 3.43. The molecule has 0 spiro atoms. The summed E-state index contributed by atoms with van der Waals surface area (Å²) < 4.78 is 19.4. The smallest absolute Gasteiger partial charge is 0.273 e.